The molecule has 0 atom stereocenters. The highest BCUT2D eigenvalue weighted by Gasteiger charge is 2.50. The first kappa shape index (κ1) is 14.6. The van der Waals surface area contributed by atoms with Gasteiger partial charge in [-0.05, 0) is 68.4 Å². The minimum Gasteiger partial charge on any atom is -0.507 e. The summed E-state index contributed by atoms with van der Waals surface area (Å²) in [5.41, 5.74) is 1.36. The third-order valence-electron chi connectivity index (χ3n) is 4.60. The lowest BCUT2D eigenvalue weighted by Gasteiger charge is -2.21. The van der Waals surface area contributed by atoms with Crippen molar-refractivity contribution in [3.05, 3.63) is 40.1 Å². The topological polar surface area (TPSA) is 83.8 Å². The van der Waals surface area contributed by atoms with E-state index in [0.29, 0.717) is 29.5 Å². The highest BCUT2D eigenvalue weighted by atomic mass is 16.6. The molecular weight excluding hydrogens is 284 g/mol. The molecule has 1 aromatic carbocycles. The maximum absolute atomic E-state index is 12.3. The molecule has 0 unspecified atom stereocenters. The molecule has 116 valence electrons. The van der Waals surface area contributed by atoms with Gasteiger partial charge in [0.25, 0.3) is 0 Å². The van der Waals surface area contributed by atoms with Crippen LogP contribution in [-0.4, -0.2) is 27.8 Å². The predicted molar refractivity (Wildman–Crippen MR) is 79.7 cm³/mol. The molecule has 2 N–H and O–H groups in total. The Balaban J connectivity index is 2.17. The second kappa shape index (κ2) is 4.87. The summed E-state index contributed by atoms with van der Waals surface area (Å²) in [6, 6.07) is 3.02. The summed E-state index contributed by atoms with van der Waals surface area (Å²) in [4.78, 5) is 23.4. The Bertz CT molecular complexity index is 685. The summed E-state index contributed by atoms with van der Waals surface area (Å²) < 4.78 is 5.50. The molecule has 0 saturated heterocycles. The van der Waals surface area contributed by atoms with E-state index in [1.54, 1.807) is 13.8 Å². The van der Waals surface area contributed by atoms with Gasteiger partial charge >= 0.3 is 11.9 Å². The predicted octanol–water partition coefficient (Wildman–Crippen LogP) is 3.14. The maximum atomic E-state index is 12.3. The van der Waals surface area contributed by atoms with Gasteiger partial charge in [-0.3, -0.25) is 0 Å². The minimum absolute atomic E-state index is 0.00396. The Morgan fingerprint density at radius 3 is 2.23 bits per heavy atom. The summed E-state index contributed by atoms with van der Waals surface area (Å²) >= 11 is 0. The van der Waals surface area contributed by atoms with Crippen LogP contribution in [0.25, 0.3) is 5.57 Å². The van der Waals surface area contributed by atoms with E-state index in [-0.39, 0.29) is 16.9 Å². The van der Waals surface area contributed by atoms with Crippen LogP contribution in [0.1, 0.15) is 52.7 Å². The quantitative estimate of drug-likeness (QED) is 0.820. The largest absolute Gasteiger partial charge is 0.507 e. The second-order valence-corrected chi connectivity index (χ2v) is 6.10. The fraction of sp³-hybridized carbons (Fsp3) is 0.412. The van der Waals surface area contributed by atoms with Crippen molar-refractivity contribution < 1.29 is 24.5 Å². The highest BCUT2D eigenvalue weighted by molar-refractivity contribution is 6.20. The molecule has 1 aromatic rings. The van der Waals surface area contributed by atoms with E-state index in [9.17, 15) is 14.7 Å². The Kier molecular flexibility index (Phi) is 3.24. The molecule has 2 aliphatic rings. The molecule has 0 bridgehead atoms. The summed E-state index contributed by atoms with van der Waals surface area (Å²) in [5, 5.41) is 19.7. The summed E-state index contributed by atoms with van der Waals surface area (Å²) in [7, 11) is 0. The van der Waals surface area contributed by atoms with E-state index in [2.05, 4.69) is 0 Å². The number of aliphatic hydroxyl groups excluding tert-OH is 1. The van der Waals surface area contributed by atoms with Crippen LogP contribution >= 0.6 is 0 Å². The SMILES string of the molecule is Cc1cc(C(=O)O)cc(C)c1C1=C(O)C2(CCCC2)OC1=O. The number of benzene rings is 1. The zero-order valence-corrected chi connectivity index (χ0v) is 12.6. The lowest BCUT2D eigenvalue weighted by Crippen LogP contribution is -2.27. The summed E-state index contributed by atoms with van der Waals surface area (Å²) in [6.45, 7) is 3.48. The molecule has 1 spiro atoms. The first-order chi connectivity index (χ1) is 10.4. The third kappa shape index (κ3) is 2.00. The van der Waals surface area contributed by atoms with Crippen molar-refractivity contribution >= 4 is 17.5 Å². The van der Waals surface area contributed by atoms with Gasteiger partial charge in [0, 0.05) is 0 Å². The molecular formula is C17H18O5. The third-order valence-corrected chi connectivity index (χ3v) is 4.60. The van der Waals surface area contributed by atoms with Gasteiger partial charge in [0.05, 0.1) is 5.56 Å². The van der Waals surface area contributed by atoms with Gasteiger partial charge in [0.1, 0.15) is 5.57 Å². The molecule has 1 saturated carbocycles. The maximum Gasteiger partial charge on any atom is 0.343 e. The number of rotatable bonds is 2. The number of ether oxygens (including phenoxy) is 1. The van der Waals surface area contributed by atoms with Crippen molar-refractivity contribution in [1.29, 1.82) is 0 Å². The minimum atomic E-state index is -1.02. The summed E-state index contributed by atoms with van der Waals surface area (Å²) in [6.07, 6.45) is 3.11. The Hall–Kier alpha value is -2.30. The number of hydrogen-bond donors (Lipinski definition) is 2. The number of esters is 1. The molecule has 5 heteroatoms. The number of hydrogen-bond acceptors (Lipinski definition) is 4. The fourth-order valence-electron chi connectivity index (χ4n) is 3.59. The van der Waals surface area contributed by atoms with Crippen LogP contribution in [0.2, 0.25) is 0 Å². The average Bonchev–Trinajstić information content (AvgIpc) is 2.99. The first-order valence-corrected chi connectivity index (χ1v) is 7.38. The average molecular weight is 302 g/mol. The van der Waals surface area contributed by atoms with Gasteiger partial charge in [-0.1, -0.05) is 0 Å². The second-order valence-electron chi connectivity index (χ2n) is 6.10. The standard InChI is InChI=1S/C17H18O5/c1-9-7-11(15(19)20)8-10(2)12(9)13-14(18)17(22-16(13)21)5-3-4-6-17/h7-8,18H,3-6H2,1-2H3,(H,19,20). The lowest BCUT2D eigenvalue weighted by molar-refractivity contribution is -0.146. The molecule has 1 aliphatic carbocycles. The monoisotopic (exact) mass is 302 g/mol. The summed E-state index contributed by atoms with van der Waals surface area (Å²) in [5.74, 6) is -1.53. The van der Waals surface area contributed by atoms with Crippen molar-refractivity contribution in [1.82, 2.24) is 0 Å². The van der Waals surface area contributed by atoms with Crippen LogP contribution in [0.3, 0.4) is 0 Å². The zero-order chi connectivity index (χ0) is 16.1. The molecule has 1 heterocycles. The number of carboxylic acids is 1. The Labute approximate surface area is 128 Å². The molecule has 3 rings (SSSR count). The normalized spacial score (nSPS) is 19.8. The van der Waals surface area contributed by atoms with Gasteiger partial charge in [0.2, 0.25) is 0 Å². The molecule has 22 heavy (non-hydrogen) atoms. The fourth-order valence-corrected chi connectivity index (χ4v) is 3.59. The first-order valence-electron chi connectivity index (χ1n) is 7.38. The van der Waals surface area contributed by atoms with Crippen LogP contribution in [0, 0.1) is 13.8 Å². The van der Waals surface area contributed by atoms with Crippen molar-refractivity contribution in [2.45, 2.75) is 45.1 Å². The molecule has 5 nitrogen and oxygen atoms in total. The van der Waals surface area contributed by atoms with Crippen LogP contribution in [0.5, 0.6) is 0 Å². The van der Waals surface area contributed by atoms with Crippen molar-refractivity contribution in [2.24, 2.45) is 0 Å². The molecule has 0 aromatic heterocycles. The smallest absolute Gasteiger partial charge is 0.343 e. The van der Waals surface area contributed by atoms with E-state index >= 15 is 0 Å². The van der Waals surface area contributed by atoms with Gasteiger partial charge < -0.3 is 14.9 Å². The number of carboxylic acid groups (broad SMARTS) is 1. The van der Waals surface area contributed by atoms with E-state index in [0.717, 1.165) is 12.8 Å². The molecule has 0 amide bonds. The Morgan fingerprint density at radius 2 is 1.73 bits per heavy atom. The van der Waals surface area contributed by atoms with Gasteiger partial charge in [0.15, 0.2) is 11.4 Å². The van der Waals surface area contributed by atoms with E-state index in [1.165, 1.54) is 12.1 Å². The number of aryl methyl sites for hydroxylation is 2. The van der Waals surface area contributed by atoms with E-state index < -0.39 is 17.5 Å². The number of carbonyl (C=O) groups excluding carboxylic acids is 1. The van der Waals surface area contributed by atoms with E-state index in [1.807, 2.05) is 0 Å². The van der Waals surface area contributed by atoms with Crippen molar-refractivity contribution in [2.75, 3.05) is 0 Å². The van der Waals surface area contributed by atoms with Crippen molar-refractivity contribution in [3.63, 3.8) is 0 Å². The molecule has 0 radical (unpaired) electrons. The van der Waals surface area contributed by atoms with Crippen molar-refractivity contribution in [3.8, 4) is 0 Å². The lowest BCUT2D eigenvalue weighted by atomic mass is 9.90. The number of aliphatic hydroxyl groups is 1. The van der Waals surface area contributed by atoms with Gasteiger partial charge in [-0.15, -0.1) is 0 Å². The zero-order valence-electron chi connectivity index (χ0n) is 12.6. The Morgan fingerprint density at radius 1 is 1.18 bits per heavy atom. The van der Waals surface area contributed by atoms with E-state index in [4.69, 9.17) is 9.84 Å². The highest BCUT2D eigenvalue weighted by Crippen LogP contribution is 2.47. The molecule has 1 aliphatic heterocycles. The number of aromatic carboxylic acids is 1. The van der Waals surface area contributed by atoms with Gasteiger partial charge in [-0.25, -0.2) is 9.59 Å². The van der Waals surface area contributed by atoms with Crippen LogP contribution in [0.4, 0.5) is 0 Å². The number of carbonyl (C=O) groups is 2. The van der Waals surface area contributed by atoms with Crippen LogP contribution in [0.15, 0.2) is 17.9 Å². The van der Waals surface area contributed by atoms with Crippen LogP contribution < -0.4 is 0 Å². The molecule has 1 fully saturated rings. The van der Waals surface area contributed by atoms with Crippen LogP contribution in [-0.2, 0) is 9.53 Å². The van der Waals surface area contributed by atoms with Gasteiger partial charge in [-0.2, -0.15) is 0 Å².